The molecule has 0 bridgehead atoms. The Kier molecular flexibility index (Phi) is 6.86. The SMILES string of the molecule is COc1cc([C@@H](c2ccc(OC(F)(F)F)cc2)N2CCNCC2)c([N+](=O)[O-])cc1OC. The first-order valence-corrected chi connectivity index (χ1v) is 9.44. The molecule has 1 saturated heterocycles. The van der Waals surface area contributed by atoms with E-state index in [1.165, 1.54) is 44.6 Å². The van der Waals surface area contributed by atoms with Gasteiger partial charge in [-0.05, 0) is 23.8 Å². The lowest BCUT2D eigenvalue weighted by atomic mass is 9.94. The van der Waals surface area contributed by atoms with E-state index in [0.717, 1.165) is 0 Å². The van der Waals surface area contributed by atoms with Crippen LogP contribution in [0.3, 0.4) is 0 Å². The van der Waals surface area contributed by atoms with Crippen LogP contribution >= 0.6 is 0 Å². The molecule has 0 amide bonds. The maximum absolute atomic E-state index is 12.5. The molecule has 168 valence electrons. The summed E-state index contributed by atoms with van der Waals surface area (Å²) in [5.41, 5.74) is 0.776. The standard InChI is InChI=1S/C20H22F3N3O5/c1-29-17-11-15(16(26(27)28)12-18(17)30-2)19(25-9-7-24-8-10-25)13-3-5-14(6-4-13)31-20(21,22)23/h3-6,11-12,19,24H,7-10H2,1-2H3/t19-/m1/s1. The first-order chi connectivity index (χ1) is 14.7. The van der Waals surface area contributed by atoms with Crippen LogP contribution in [0.4, 0.5) is 18.9 Å². The zero-order valence-corrected chi connectivity index (χ0v) is 16.9. The Morgan fingerprint density at radius 2 is 1.65 bits per heavy atom. The van der Waals surface area contributed by atoms with Gasteiger partial charge in [-0.15, -0.1) is 13.2 Å². The summed E-state index contributed by atoms with van der Waals surface area (Å²) in [6, 6.07) is 7.62. The van der Waals surface area contributed by atoms with E-state index in [2.05, 4.69) is 10.1 Å². The van der Waals surface area contributed by atoms with Crippen LogP contribution in [0.2, 0.25) is 0 Å². The van der Waals surface area contributed by atoms with Crippen molar-refractivity contribution in [3.63, 3.8) is 0 Å². The smallest absolute Gasteiger partial charge is 0.493 e. The number of piperazine rings is 1. The van der Waals surface area contributed by atoms with E-state index in [4.69, 9.17) is 9.47 Å². The molecule has 8 nitrogen and oxygen atoms in total. The molecule has 2 aromatic rings. The van der Waals surface area contributed by atoms with E-state index in [-0.39, 0.29) is 17.2 Å². The van der Waals surface area contributed by atoms with Crippen molar-refractivity contribution in [2.45, 2.75) is 12.4 Å². The molecule has 2 aromatic carbocycles. The van der Waals surface area contributed by atoms with Crippen molar-refractivity contribution in [1.82, 2.24) is 10.2 Å². The Morgan fingerprint density at radius 3 is 2.16 bits per heavy atom. The minimum Gasteiger partial charge on any atom is -0.493 e. The van der Waals surface area contributed by atoms with Gasteiger partial charge in [0.2, 0.25) is 0 Å². The Bertz CT molecular complexity index is 916. The van der Waals surface area contributed by atoms with Crippen LogP contribution in [0.1, 0.15) is 17.2 Å². The second-order valence-electron chi connectivity index (χ2n) is 6.83. The van der Waals surface area contributed by atoms with Gasteiger partial charge >= 0.3 is 6.36 Å². The van der Waals surface area contributed by atoms with Gasteiger partial charge < -0.3 is 19.5 Å². The van der Waals surface area contributed by atoms with Crippen molar-refractivity contribution in [3.05, 3.63) is 57.6 Å². The number of halogens is 3. The number of ether oxygens (including phenoxy) is 3. The zero-order valence-electron chi connectivity index (χ0n) is 16.9. The van der Waals surface area contributed by atoms with Crippen molar-refractivity contribution in [2.75, 3.05) is 40.4 Å². The van der Waals surface area contributed by atoms with Crippen LogP contribution < -0.4 is 19.5 Å². The Balaban J connectivity index is 2.11. The van der Waals surface area contributed by atoms with E-state index in [1.54, 1.807) is 6.07 Å². The molecule has 0 saturated carbocycles. The van der Waals surface area contributed by atoms with Crippen molar-refractivity contribution < 1.29 is 32.3 Å². The van der Waals surface area contributed by atoms with Gasteiger partial charge in [-0.1, -0.05) is 12.1 Å². The molecule has 1 aliphatic heterocycles. The molecule has 0 radical (unpaired) electrons. The Labute approximate surface area is 176 Å². The zero-order chi connectivity index (χ0) is 22.6. The van der Waals surface area contributed by atoms with Crippen molar-refractivity contribution in [3.8, 4) is 17.2 Å². The summed E-state index contributed by atoms with van der Waals surface area (Å²) in [4.78, 5) is 13.4. The lowest BCUT2D eigenvalue weighted by molar-refractivity contribution is -0.386. The number of alkyl halides is 3. The quantitative estimate of drug-likeness (QED) is 0.520. The molecular formula is C20H22F3N3O5. The molecule has 1 N–H and O–H groups in total. The van der Waals surface area contributed by atoms with Gasteiger partial charge in [-0.25, -0.2) is 0 Å². The van der Waals surface area contributed by atoms with Gasteiger partial charge in [0, 0.05) is 26.2 Å². The van der Waals surface area contributed by atoms with Gasteiger partial charge in [-0.2, -0.15) is 0 Å². The molecule has 3 rings (SSSR count). The summed E-state index contributed by atoms with van der Waals surface area (Å²) < 4.78 is 52.0. The lowest BCUT2D eigenvalue weighted by Crippen LogP contribution is -2.45. The number of rotatable bonds is 7. The van der Waals surface area contributed by atoms with Crippen molar-refractivity contribution in [1.29, 1.82) is 0 Å². The van der Waals surface area contributed by atoms with E-state index in [1.807, 2.05) is 4.90 Å². The first-order valence-electron chi connectivity index (χ1n) is 9.44. The second kappa shape index (κ2) is 9.40. The van der Waals surface area contributed by atoms with Crippen LogP contribution in [-0.4, -0.2) is 56.6 Å². The maximum atomic E-state index is 12.5. The van der Waals surface area contributed by atoms with E-state index in [0.29, 0.717) is 43.1 Å². The Hall–Kier alpha value is -3.05. The third-order valence-corrected chi connectivity index (χ3v) is 4.97. The van der Waals surface area contributed by atoms with E-state index < -0.39 is 17.3 Å². The molecule has 1 aliphatic rings. The average molecular weight is 441 g/mol. The Morgan fingerprint density at radius 1 is 1.06 bits per heavy atom. The lowest BCUT2D eigenvalue weighted by Gasteiger charge is -2.35. The molecule has 1 fully saturated rings. The molecule has 0 aliphatic carbocycles. The molecular weight excluding hydrogens is 419 g/mol. The van der Waals surface area contributed by atoms with Crippen LogP contribution in [0, 0.1) is 10.1 Å². The van der Waals surface area contributed by atoms with E-state index >= 15 is 0 Å². The number of benzene rings is 2. The summed E-state index contributed by atoms with van der Waals surface area (Å²) in [6.07, 6.45) is -4.80. The number of hydrogen-bond acceptors (Lipinski definition) is 7. The largest absolute Gasteiger partial charge is 0.573 e. The summed E-state index contributed by atoms with van der Waals surface area (Å²) in [7, 11) is 2.81. The molecule has 1 heterocycles. The van der Waals surface area contributed by atoms with Gasteiger partial charge in [0.25, 0.3) is 5.69 Å². The topological polar surface area (TPSA) is 86.1 Å². The molecule has 0 unspecified atom stereocenters. The summed E-state index contributed by atoms with van der Waals surface area (Å²) in [5, 5.41) is 15.1. The van der Waals surface area contributed by atoms with Crippen LogP contribution in [-0.2, 0) is 0 Å². The fourth-order valence-corrected chi connectivity index (χ4v) is 3.64. The summed E-state index contributed by atoms with van der Waals surface area (Å²) in [5.74, 6) is 0.170. The molecule has 1 atom stereocenters. The van der Waals surface area contributed by atoms with E-state index in [9.17, 15) is 23.3 Å². The third-order valence-electron chi connectivity index (χ3n) is 4.97. The summed E-state index contributed by atoms with van der Waals surface area (Å²) >= 11 is 0. The molecule has 0 aromatic heterocycles. The van der Waals surface area contributed by atoms with Gasteiger partial charge in [-0.3, -0.25) is 15.0 Å². The van der Waals surface area contributed by atoms with Gasteiger partial charge in [0.1, 0.15) is 5.75 Å². The first kappa shape index (κ1) is 22.6. The fraction of sp³-hybridized carbons (Fsp3) is 0.400. The van der Waals surface area contributed by atoms with Crippen LogP contribution in [0.25, 0.3) is 0 Å². The van der Waals surface area contributed by atoms with Crippen molar-refractivity contribution >= 4 is 5.69 Å². The summed E-state index contributed by atoms with van der Waals surface area (Å²) in [6.45, 7) is 2.54. The second-order valence-corrected chi connectivity index (χ2v) is 6.83. The average Bonchev–Trinajstić information content (AvgIpc) is 2.74. The highest BCUT2D eigenvalue weighted by Gasteiger charge is 2.33. The minimum atomic E-state index is -4.80. The number of nitrogens with one attached hydrogen (secondary N) is 1. The third kappa shape index (κ3) is 5.36. The maximum Gasteiger partial charge on any atom is 0.573 e. The normalized spacial score (nSPS) is 15.9. The molecule has 31 heavy (non-hydrogen) atoms. The fourth-order valence-electron chi connectivity index (χ4n) is 3.64. The number of hydrogen-bond donors (Lipinski definition) is 1. The van der Waals surface area contributed by atoms with Crippen LogP contribution in [0.15, 0.2) is 36.4 Å². The molecule has 11 heteroatoms. The van der Waals surface area contributed by atoms with Crippen molar-refractivity contribution in [2.24, 2.45) is 0 Å². The highest BCUT2D eigenvalue weighted by atomic mass is 19.4. The van der Waals surface area contributed by atoms with Crippen LogP contribution in [0.5, 0.6) is 17.2 Å². The number of methoxy groups -OCH3 is 2. The van der Waals surface area contributed by atoms with Gasteiger partial charge in [0.15, 0.2) is 11.5 Å². The number of nitrogens with zero attached hydrogens (tertiary/aromatic N) is 2. The highest BCUT2D eigenvalue weighted by Crippen LogP contribution is 2.42. The monoisotopic (exact) mass is 441 g/mol. The number of nitro groups is 1. The highest BCUT2D eigenvalue weighted by molar-refractivity contribution is 5.57. The predicted molar refractivity (Wildman–Crippen MR) is 106 cm³/mol. The van der Waals surface area contributed by atoms with Gasteiger partial charge in [0.05, 0.1) is 36.8 Å². The molecule has 0 spiro atoms. The minimum absolute atomic E-state index is 0.170. The number of nitro benzene ring substituents is 1. The predicted octanol–water partition coefficient (Wildman–Crippen LogP) is 3.51.